The zero-order valence-electron chi connectivity index (χ0n) is 10.7. The number of aromatic hydroxyl groups is 3. The molecule has 0 amide bonds. The maximum atomic E-state index is 11.2. The number of carbonyl (C=O) groups excluding carboxylic acids is 2. The van der Waals surface area contributed by atoms with E-state index in [9.17, 15) is 24.9 Å². The van der Waals surface area contributed by atoms with E-state index in [0.717, 1.165) is 0 Å². The molecule has 0 radical (unpaired) electrons. The van der Waals surface area contributed by atoms with Crippen LogP contribution in [0.25, 0.3) is 23.9 Å². The normalized spacial score (nSPS) is 10.7. The van der Waals surface area contributed by atoms with Gasteiger partial charge in [-0.05, 0) is 12.1 Å². The number of hydrogen-bond acceptors (Lipinski definition) is 5. The lowest BCUT2D eigenvalue weighted by molar-refractivity contribution is 0.112. The van der Waals surface area contributed by atoms with E-state index in [1.54, 1.807) is 0 Å². The first kappa shape index (κ1) is 13.6. The first-order valence-electron chi connectivity index (χ1n) is 5.68. The van der Waals surface area contributed by atoms with Gasteiger partial charge in [0.25, 0.3) is 0 Å². The number of rotatable bonds is 2. The number of phenolic OH excluding ortho intramolecular Hbond substituents is 3. The van der Waals surface area contributed by atoms with Gasteiger partial charge < -0.3 is 15.3 Å². The molecule has 0 saturated heterocycles. The van der Waals surface area contributed by atoms with E-state index < -0.39 is 5.75 Å². The van der Waals surface area contributed by atoms with Crippen molar-refractivity contribution >= 4 is 36.5 Å². The third-order valence-electron chi connectivity index (χ3n) is 3.46. The lowest BCUT2D eigenvalue weighted by Crippen LogP contribution is -2.15. The molecule has 0 aliphatic heterocycles. The summed E-state index contributed by atoms with van der Waals surface area (Å²) in [5.74, 6) is -1.15. The molecule has 0 unspecified atom stereocenters. The minimum atomic E-state index is -0.571. The van der Waals surface area contributed by atoms with Crippen molar-refractivity contribution in [2.45, 2.75) is 6.92 Å². The van der Waals surface area contributed by atoms with Gasteiger partial charge in [0.1, 0.15) is 17.2 Å². The van der Waals surface area contributed by atoms with Crippen molar-refractivity contribution in [1.29, 1.82) is 0 Å². The fourth-order valence-corrected chi connectivity index (χ4v) is 2.23. The van der Waals surface area contributed by atoms with Crippen molar-refractivity contribution < 1.29 is 24.9 Å². The summed E-state index contributed by atoms with van der Waals surface area (Å²) < 4.78 is 0. The fourth-order valence-electron chi connectivity index (χ4n) is 2.23. The van der Waals surface area contributed by atoms with E-state index in [1.165, 1.54) is 6.92 Å². The molecule has 0 spiro atoms. The molecule has 3 N–H and O–H groups in total. The third kappa shape index (κ3) is 1.50. The number of fused-ring (bicyclic) bond motifs is 1. The number of benzene rings is 2. The van der Waals surface area contributed by atoms with Crippen LogP contribution in [-0.4, -0.2) is 27.9 Å². The van der Waals surface area contributed by atoms with Crippen molar-refractivity contribution in [3.05, 3.63) is 27.1 Å². The van der Waals surface area contributed by atoms with Crippen LogP contribution in [0.2, 0.25) is 0 Å². The van der Waals surface area contributed by atoms with Crippen LogP contribution in [-0.2, 0) is 0 Å². The van der Waals surface area contributed by atoms with Crippen LogP contribution in [0, 0.1) is 6.92 Å². The Hall–Kier alpha value is -2.82. The van der Waals surface area contributed by atoms with Gasteiger partial charge in [-0.2, -0.15) is 0 Å². The van der Waals surface area contributed by atoms with Crippen molar-refractivity contribution in [3.8, 4) is 17.2 Å². The Kier molecular flexibility index (Phi) is 2.98. The molecule has 5 nitrogen and oxygen atoms in total. The maximum Gasteiger partial charge on any atom is 0.154 e. The van der Waals surface area contributed by atoms with Crippen molar-refractivity contribution in [3.63, 3.8) is 0 Å². The second-order valence-electron chi connectivity index (χ2n) is 4.44. The molecule has 20 heavy (non-hydrogen) atoms. The van der Waals surface area contributed by atoms with Crippen LogP contribution in [0.4, 0.5) is 0 Å². The number of aldehydes is 2. The standard InChI is InChI=1S/C15H12O5/c1-6-7(2)14(19)12-10(5-17)15(20)9(4-16)8(3)11(12)13(6)18/h4-5,18-20H,1,3H2,2H3. The highest BCUT2D eigenvalue weighted by Crippen LogP contribution is 2.36. The Morgan fingerprint density at radius 2 is 1.35 bits per heavy atom. The molecule has 0 atom stereocenters. The average molecular weight is 272 g/mol. The zero-order valence-corrected chi connectivity index (χ0v) is 10.7. The molecule has 0 aromatic heterocycles. The van der Waals surface area contributed by atoms with Crippen LogP contribution in [0.3, 0.4) is 0 Å². The third-order valence-corrected chi connectivity index (χ3v) is 3.46. The van der Waals surface area contributed by atoms with Crippen LogP contribution in [0.1, 0.15) is 26.3 Å². The van der Waals surface area contributed by atoms with Gasteiger partial charge in [-0.1, -0.05) is 13.2 Å². The van der Waals surface area contributed by atoms with E-state index in [2.05, 4.69) is 13.2 Å². The Labute approximate surface area is 113 Å². The van der Waals surface area contributed by atoms with Crippen molar-refractivity contribution in [2.75, 3.05) is 0 Å². The summed E-state index contributed by atoms with van der Waals surface area (Å²) in [6, 6.07) is 0. The summed E-state index contributed by atoms with van der Waals surface area (Å²) in [5.41, 5.74) is -0.210. The zero-order chi connectivity index (χ0) is 15.2. The second-order valence-corrected chi connectivity index (χ2v) is 4.44. The molecular formula is C15H12O5. The van der Waals surface area contributed by atoms with Crippen LogP contribution >= 0.6 is 0 Å². The van der Waals surface area contributed by atoms with Crippen molar-refractivity contribution in [1.82, 2.24) is 0 Å². The number of carbonyl (C=O) groups is 2. The monoisotopic (exact) mass is 272 g/mol. The largest absolute Gasteiger partial charge is 0.507 e. The molecule has 102 valence electrons. The molecular weight excluding hydrogens is 260 g/mol. The SMILES string of the molecule is C=c1c(C)c(O)c2c(C=O)c(O)c(C=O)c(=C)c2c1O. The summed E-state index contributed by atoms with van der Waals surface area (Å²) in [6.07, 6.45) is 0.648. The van der Waals surface area contributed by atoms with E-state index in [4.69, 9.17) is 0 Å². The molecule has 0 aliphatic rings. The van der Waals surface area contributed by atoms with Gasteiger partial charge in [0.2, 0.25) is 0 Å². The van der Waals surface area contributed by atoms with Gasteiger partial charge in [0.15, 0.2) is 12.6 Å². The Morgan fingerprint density at radius 1 is 0.800 bits per heavy atom. The van der Waals surface area contributed by atoms with E-state index >= 15 is 0 Å². The Morgan fingerprint density at radius 3 is 1.85 bits per heavy atom. The predicted molar refractivity (Wildman–Crippen MR) is 74.7 cm³/mol. The van der Waals surface area contributed by atoms with Gasteiger partial charge in [0, 0.05) is 21.6 Å². The van der Waals surface area contributed by atoms with E-state index in [-0.39, 0.29) is 49.4 Å². The highest BCUT2D eigenvalue weighted by molar-refractivity contribution is 6.10. The van der Waals surface area contributed by atoms with Crippen LogP contribution in [0.5, 0.6) is 17.2 Å². The van der Waals surface area contributed by atoms with Gasteiger partial charge >= 0.3 is 0 Å². The smallest absolute Gasteiger partial charge is 0.154 e. The van der Waals surface area contributed by atoms with Crippen molar-refractivity contribution in [2.24, 2.45) is 0 Å². The highest BCUT2D eigenvalue weighted by Gasteiger charge is 2.21. The second kappa shape index (κ2) is 4.38. The lowest BCUT2D eigenvalue weighted by Gasteiger charge is -2.13. The summed E-state index contributed by atoms with van der Waals surface area (Å²) in [4.78, 5) is 22.2. The molecule has 0 fully saturated rings. The fraction of sp³-hybridized carbons (Fsp3) is 0.0667. The van der Waals surface area contributed by atoms with Crippen LogP contribution < -0.4 is 10.4 Å². The summed E-state index contributed by atoms with van der Waals surface area (Å²) in [5, 5.41) is 30.4. The quantitative estimate of drug-likeness (QED) is 0.553. The Bertz CT molecular complexity index is 865. The molecule has 5 heteroatoms. The molecule has 0 saturated carbocycles. The topological polar surface area (TPSA) is 94.8 Å². The van der Waals surface area contributed by atoms with Gasteiger partial charge in [-0.15, -0.1) is 0 Å². The van der Waals surface area contributed by atoms with Crippen LogP contribution in [0.15, 0.2) is 0 Å². The molecule has 2 rings (SSSR count). The summed E-state index contributed by atoms with van der Waals surface area (Å²) in [6.45, 7) is 8.76. The van der Waals surface area contributed by atoms with E-state index in [0.29, 0.717) is 12.6 Å². The van der Waals surface area contributed by atoms with Gasteiger partial charge in [-0.3, -0.25) is 9.59 Å². The van der Waals surface area contributed by atoms with Gasteiger partial charge in [0.05, 0.1) is 11.1 Å². The Balaban J connectivity index is 3.37. The molecule has 0 bridgehead atoms. The molecule has 0 aliphatic carbocycles. The highest BCUT2D eigenvalue weighted by atomic mass is 16.3. The van der Waals surface area contributed by atoms with E-state index in [1.807, 2.05) is 0 Å². The lowest BCUT2D eigenvalue weighted by atomic mass is 9.94. The first-order chi connectivity index (χ1) is 9.36. The first-order valence-corrected chi connectivity index (χ1v) is 5.68. The molecule has 2 aromatic rings. The minimum absolute atomic E-state index is 0.0239. The maximum absolute atomic E-state index is 11.2. The summed E-state index contributed by atoms with van der Waals surface area (Å²) >= 11 is 0. The molecule has 0 heterocycles. The predicted octanol–water partition coefficient (Wildman–Crippen LogP) is 0.711. The summed E-state index contributed by atoms with van der Waals surface area (Å²) in [7, 11) is 0. The average Bonchev–Trinajstić information content (AvgIpc) is 2.42. The minimum Gasteiger partial charge on any atom is -0.507 e. The van der Waals surface area contributed by atoms with Gasteiger partial charge in [-0.25, -0.2) is 0 Å². The number of hydrogen-bond donors (Lipinski definition) is 3. The number of phenols is 3. The molecule has 2 aromatic carbocycles.